The quantitative estimate of drug-likeness (QED) is 0.687. The second-order valence-corrected chi connectivity index (χ2v) is 3.92. The topological polar surface area (TPSA) is 52.3 Å². The standard InChI is InChI=1S/C12H12F5NO2/c1-2-20-11(19)9(14)10(18)6-3-4-7(8(13)5-6)12(15,16)17/h3-5,9-10H,2,18H2,1H3/t9?,10-/m1/s1. The molecule has 0 aromatic heterocycles. The van der Waals surface area contributed by atoms with Gasteiger partial charge in [-0.1, -0.05) is 6.07 Å². The third-order valence-electron chi connectivity index (χ3n) is 2.51. The second-order valence-electron chi connectivity index (χ2n) is 3.92. The van der Waals surface area contributed by atoms with Gasteiger partial charge in [0.25, 0.3) is 0 Å². The predicted molar refractivity (Wildman–Crippen MR) is 59.9 cm³/mol. The van der Waals surface area contributed by atoms with Crippen LogP contribution in [0.25, 0.3) is 0 Å². The lowest BCUT2D eigenvalue weighted by Gasteiger charge is -2.17. The van der Waals surface area contributed by atoms with Crippen molar-refractivity contribution in [2.75, 3.05) is 6.61 Å². The molecule has 0 aliphatic rings. The van der Waals surface area contributed by atoms with Crippen molar-refractivity contribution >= 4 is 5.97 Å². The minimum Gasteiger partial charge on any atom is -0.464 e. The highest BCUT2D eigenvalue weighted by Gasteiger charge is 2.35. The number of alkyl halides is 4. The molecule has 0 amide bonds. The first-order chi connectivity index (χ1) is 9.18. The van der Waals surface area contributed by atoms with Crippen LogP contribution < -0.4 is 5.73 Å². The van der Waals surface area contributed by atoms with Gasteiger partial charge in [0.05, 0.1) is 18.2 Å². The minimum absolute atomic E-state index is 0.0760. The Morgan fingerprint density at radius 2 is 2.00 bits per heavy atom. The summed E-state index contributed by atoms with van der Waals surface area (Å²) in [5.41, 5.74) is 3.62. The summed E-state index contributed by atoms with van der Waals surface area (Å²) in [5, 5.41) is 0. The van der Waals surface area contributed by atoms with Gasteiger partial charge >= 0.3 is 12.1 Å². The Morgan fingerprint density at radius 1 is 1.40 bits per heavy atom. The van der Waals surface area contributed by atoms with Crippen molar-refractivity contribution in [2.45, 2.75) is 25.3 Å². The zero-order valence-corrected chi connectivity index (χ0v) is 10.4. The fourth-order valence-electron chi connectivity index (χ4n) is 1.51. The van der Waals surface area contributed by atoms with Crippen molar-refractivity contribution in [2.24, 2.45) is 5.73 Å². The van der Waals surface area contributed by atoms with E-state index < -0.39 is 35.7 Å². The van der Waals surface area contributed by atoms with Crippen LogP contribution in [0.4, 0.5) is 22.0 Å². The zero-order valence-electron chi connectivity index (χ0n) is 10.4. The van der Waals surface area contributed by atoms with Gasteiger partial charge in [0.2, 0.25) is 6.17 Å². The summed E-state index contributed by atoms with van der Waals surface area (Å²) in [6.45, 7) is 1.38. The van der Waals surface area contributed by atoms with Gasteiger partial charge in [0, 0.05) is 0 Å². The highest BCUT2D eigenvalue weighted by molar-refractivity contribution is 5.75. The number of ether oxygens (including phenoxy) is 1. The van der Waals surface area contributed by atoms with E-state index in [2.05, 4.69) is 4.74 Å². The molecule has 112 valence electrons. The zero-order chi connectivity index (χ0) is 15.5. The maximum absolute atomic E-state index is 13.6. The number of hydrogen-bond donors (Lipinski definition) is 1. The molecule has 20 heavy (non-hydrogen) atoms. The van der Waals surface area contributed by atoms with E-state index in [4.69, 9.17) is 5.73 Å². The predicted octanol–water partition coefficient (Wildman–Crippen LogP) is 2.75. The molecule has 0 saturated heterocycles. The Kier molecular flexibility index (Phi) is 5.04. The van der Waals surface area contributed by atoms with E-state index in [1.54, 1.807) is 0 Å². The maximum Gasteiger partial charge on any atom is 0.419 e. The summed E-state index contributed by atoms with van der Waals surface area (Å²) in [4.78, 5) is 11.1. The molecule has 0 bridgehead atoms. The van der Waals surface area contributed by atoms with Gasteiger partial charge < -0.3 is 10.5 Å². The maximum atomic E-state index is 13.6. The average molecular weight is 297 g/mol. The van der Waals surface area contributed by atoms with Crippen LogP contribution in [0, 0.1) is 5.82 Å². The molecule has 0 aliphatic carbocycles. The third kappa shape index (κ3) is 3.66. The fraction of sp³-hybridized carbons (Fsp3) is 0.417. The van der Waals surface area contributed by atoms with Gasteiger partial charge in [0.1, 0.15) is 5.82 Å². The number of rotatable bonds is 4. The summed E-state index contributed by atoms with van der Waals surface area (Å²) in [5.74, 6) is -2.83. The largest absolute Gasteiger partial charge is 0.464 e. The first-order valence-corrected chi connectivity index (χ1v) is 5.61. The fourth-order valence-corrected chi connectivity index (χ4v) is 1.51. The van der Waals surface area contributed by atoms with Gasteiger partial charge in [-0.2, -0.15) is 13.2 Å². The molecule has 1 unspecified atom stereocenters. The number of benzene rings is 1. The van der Waals surface area contributed by atoms with Gasteiger partial charge in [-0.25, -0.2) is 13.6 Å². The number of hydrogen-bond acceptors (Lipinski definition) is 3. The molecule has 3 nitrogen and oxygen atoms in total. The molecule has 0 fully saturated rings. The molecule has 1 aromatic carbocycles. The monoisotopic (exact) mass is 297 g/mol. The van der Waals surface area contributed by atoms with Gasteiger partial charge in [-0.3, -0.25) is 0 Å². The van der Waals surface area contributed by atoms with Crippen LogP contribution >= 0.6 is 0 Å². The third-order valence-corrected chi connectivity index (χ3v) is 2.51. The van der Waals surface area contributed by atoms with E-state index in [-0.39, 0.29) is 12.2 Å². The summed E-state index contributed by atoms with van der Waals surface area (Å²) in [7, 11) is 0. The lowest BCUT2D eigenvalue weighted by molar-refractivity contribution is -0.150. The van der Waals surface area contributed by atoms with Crippen LogP contribution in [0.5, 0.6) is 0 Å². The van der Waals surface area contributed by atoms with Crippen LogP contribution in [-0.4, -0.2) is 18.7 Å². The van der Waals surface area contributed by atoms with Crippen molar-refractivity contribution in [3.05, 3.63) is 35.1 Å². The van der Waals surface area contributed by atoms with Gasteiger partial charge in [0.15, 0.2) is 0 Å². The van der Waals surface area contributed by atoms with E-state index in [1.807, 2.05) is 0 Å². The molecule has 1 rings (SSSR count). The first kappa shape index (κ1) is 16.4. The van der Waals surface area contributed by atoms with Crippen LogP contribution in [0.1, 0.15) is 24.1 Å². The molecule has 1 aromatic rings. The number of carbonyl (C=O) groups excluding carboxylic acids is 1. The summed E-state index contributed by atoms with van der Waals surface area (Å²) < 4.78 is 68.3. The Labute approximate surface area is 111 Å². The van der Waals surface area contributed by atoms with Crippen molar-refractivity contribution in [3.63, 3.8) is 0 Å². The van der Waals surface area contributed by atoms with Crippen LogP contribution in [-0.2, 0) is 15.7 Å². The molecule has 8 heteroatoms. The summed E-state index contributed by atoms with van der Waals surface area (Å²) in [6, 6.07) is 0.121. The lowest BCUT2D eigenvalue weighted by atomic mass is 10.0. The number of carbonyl (C=O) groups is 1. The average Bonchev–Trinajstić information content (AvgIpc) is 2.35. The van der Waals surface area contributed by atoms with E-state index in [0.717, 1.165) is 6.07 Å². The molecule has 0 radical (unpaired) electrons. The van der Waals surface area contributed by atoms with Crippen molar-refractivity contribution < 1.29 is 31.5 Å². The van der Waals surface area contributed by atoms with E-state index in [0.29, 0.717) is 12.1 Å². The van der Waals surface area contributed by atoms with Crippen molar-refractivity contribution in [3.8, 4) is 0 Å². The molecule has 0 spiro atoms. The highest BCUT2D eigenvalue weighted by atomic mass is 19.4. The Hall–Kier alpha value is -1.70. The van der Waals surface area contributed by atoms with Crippen LogP contribution in [0.15, 0.2) is 18.2 Å². The summed E-state index contributed by atoms with van der Waals surface area (Å²) >= 11 is 0. The second kappa shape index (κ2) is 6.17. The van der Waals surface area contributed by atoms with E-state index in [1.165, 1.54) is 6.92 Å². The number of halogens is 5. The summed E-state index contributed by atoms with van der Waals surface area (Å²) in [6.07, 6.45) is -7.14. The smallest absolute Gasteiger partial charge is 0.419 e. The Morgan fingerprint density at radius 3 is 2.45 bits per heavy atom. The molecule has 2 N–H and O–H groups in total. The molecular formula is C12H12F5NO2. The first-order valence-electron chi connectivity index (χ1n) is 5.61. The molecule has 0 saturated carbocycles. The highest BCUT2D eigenvalue weighted by Crippen LogP contribution is 2.32. The minimum atomic E-state index is -4.86. The molecule has 0 aliphatic heterocycles. The van der Waals surface area contributed by atoms with Gasteiger partial charge in [-0.05, 0) is 24.6 Å². The van der Waals surface area contributed by atoms with E-state index in [9.17, 15) is 26.7 Å². The molecule has 0 heterocycles. The number of esters is 1. The lowest BCUT2D eigenvalue weighted by Crippen LogP contribution is -2.31. The molecular weight excluding hydrogens is 285 g/mol. The molecule has 2 atom stereocenters. The van der Waals surface area contributed by atoms with Crippen molar-refractivity contribution in [1.29, 1.82) is 0 Å². The normalized spacial score (nSPS) is 14.8. The number of nitrogens with two attached hydrogens (primary N) is 1. The Bertz CT molecular complexity index is 489. The SMILES string of the molecule is CCOC(=O)C(F)[C@H](N)c1ccc(C(F)(F)F)c(F)c1. The van der Waals surface area contributed by atoms with Crippen LogP contribution in [0.2, 0.25) is 0 Å². The Balaban J connectivity index is 2.98. The van der Waals surface area contributed by atoms with Crippen molar-refractivity contribution in [1.82, 2.24) is 0 Å². The van der Waals surface area contributed by atoms with Gasteiger partial charge in [-0.15, -0.1) is 0 Å². The van der Waals surface area contributed by atoms with E-state index >= 15 is 0 Å². The van der Waals surface area contributed by atoms with Crippen LogP contribution in [0.3, 0.4) is 0 Å².